The highest BCUT2D eigenvalue weighted by molar-refractivity contribution is 9.10. The molecule has 0 aliphatic carbocycles. The normalized spacial score (nSPS) is 9.90. The van der Waals surface area contributed by atoms with Crippen LogP contribution in [0.2, 0.25) is 5.02 Å². The van der Waals surface area contributed by atoms with Crippen molar-refractivity contribution >= 4 is 33.2 Å². The van der Waals surface area contributed by atoms with Gasteiger partial charge in [-0.05, 0) is 36.4 Å². The van der Waals surface area contributed by atoms with E-state index in [0.717, 1.165) is 21.5 Å². The van der Waals surface area contributed by atoms with Gasteiger partial charge in [0.2, 0.25) is 0 Å². The van der Waals surface area contributed by atoms with Gasteiger partial charge in [-0.3, -0.25) is 0 Å². The first-order valence-corrected chi connectivity index (χ1v) is 7.07. The summed E-state index contributed by atoms with van der Waals surface area (Å²) >= 11 is 9.56. The van der Waals surface area contributed by atoms with Crippen molar-refractivity contribution in [3.8, 4) is 11.8 Å². The average molecular weight is 352 g/mol. The number of nitriles is 1. The van der Waals surface area contributed by atoms with Gasteiger partial charge in [0.05, 0.1) is 29.5 Å². The number of methoxy groups -OCH3 is 1. The third-order valence-electron chi connectivity index (χ3n) is 2.81. The van der Waals surface area contributed by atoms with Crippen LogP contribution in [0.4, 0.5) is 5.69 Å². The van der Waals surface area contributed by atoms with Crippen molar-refractivity contribution in [1.29, 1.82) is 5.26 Å². The number of nitrogens with zero attached hydrogens (tertiary/aromatic N) is 1. The summed E-state index contributed by atoms with van der Waals surface area (Å²) in [6, 6.07) is 13.0. The van der Waals surface area contributed by atoms with E-state index in [1.807, 2.05) is 18.2 Å². The number of hydrogen-bond donors (Lipinski definition) is 1. The quantitative estimate of drug-likeness (QED) is 0.876. The molecule has 0 amide bonds. The van der Waals surface area contributed by atoms with E-state index < -0.39 is 0 Å². The molecule has 0 spiro atoms. The zero-order valence-electron chi connectivity index (χ0n) is 10.8. The third kappa shape index (κ3) is 3.44. The standard InChI is InChI=1S/C15H12BrClN2O/c1-20-15-5-3-12(16)7-11(15)9-19-14-4-2-10(8-18)6-13(14)17/h2-7,19H,9H2,1H3. The number of hydrogen-bond acceptors (Lipinski definition) is 3. The van der Waals surface area contributed by atoms with Crippen LogP contribution in [0.1, 0.15) is 11.1 Å². The van der Waals surface area contributed by atoms with Crippen LogP contribution in [0.15, 0.2) is 40.9 Å². The molecule has 0 heterocycles. The lowest BCUT2D eigenvalue weighted by Crippen LogP contribution is -2.02. The van der Waals surface area contributed by atoms with Gasteiger partial charge in [0.1, 0.15) is 5.75 Å². The van der Waals surface area contributed by atoms with Gasteiger partial charge in [0.15, 0.2) is 0 Å². The molecule has 0 atom stereocenters. The number of benzene rings is 2. The molecular weight excluding hydrogens is 340 g/mol. The fourth-order valence-electron chi connectivity index (χ4n) is 1.80. The molecular formula is C15H12BrClN2O. The molecule has 102 valence electrons. The lowest BCUT2D eigenvalue weighted by atomic mass is 10.2. The van der Waals surface area contributed by atoms with Crippen LogP contribution in [-0.4, -0.2) is 7.11 Å². The summed E-state index contributed by atoms with van der Waals surface area (Å²) in [5, 5.41) is 12.6. The van der Waals surface area contributed by atoms with Crippen molar-refractivity contribution in [3.05, 3.63) is 57.0 Å². The molecule has 20 heavy (non-hydrogen) atoms. The van der Waals surface area contributed by atoms with Crippen molar-refractivity contribution in [2.45, 2.75) is 6.54 Å². The second kappa shape index (κ2) is 6.65. The highest BCUT2D eigenvalue weighted by Crippen LogP contribution is 2.27. The minimum absolute atomic E-state index is 0.526. The third-order valence-corrected chi connectivity index (χ3v) is 3.62. The molecule has 0 radical (unpaired) electrons. The fourth-order valence-corrected chi connectivity index (χ4v) is 2.46. The van der Waals surface area contributed by atoms with E-state index >= 15 is 0 Å². The Morgan fingerprint density at radius 1 is 1.30 bits per heavy atom. The smallest absolute Gasteiger partial charge is 0.123 e. The maximum Gasteiger partial charge on any atom is 0.123 e. The van der Waals surface area contributed by atoms with Gasteiger partial charge in [-0.1, -0.05) is 27.5 Å². The van der Waals surface area contributed by atoms with Crippen LogP contribution < -0.4 is 10.1 Å². The molecule has 0 aliphatic rings. The number of ether oxygens (including phenoxy) is 1. The van der Waals surface area contributed by atoms with Crippen LogP contribution in [-0.2, 0) is 6.54 Å². The molecule has 0 saturated carbocycles. The zero-order chi connectivity index (χ0) is 14.5. The van der Waals surface area contributed by atoms with Gasteiger partial charge in [-0.25, -0.2) is 0 Å². The van der Waals surface area contributed by atoms with Crippen LogP contribution in [0.5, 0.6) is 5.75 Å². The van der Waals surface area contributed by atoms with E-state index in [0.29, 0.717) is 17.1 Å². The number of halogens is 2. The second-order valence-corrected chi connectivity index (χ2v) is 5.44. The highest BCUT2D eigenvalue weighted by atomic mass is 79.9. The minimum atomic E-state index is 0.526. The first-order chi connectivity index (χ1) is 9.63. The number of nitrogens with one attached hydrogen (secondary N) is 1. The summed E-state index contributed by atoms with van der Waals surface area (Å²) in [6.07, 6.45) is 0. The van der Waals surface area contributed by atoms with E-state index in [1.54, 1.807) is 25.3 Å². The van der Waals surface area contributed by atoms with Crippen LogP contribution in [0.25, 0.3) is 0 Å². The van der Waals surface area contributed by atoms with Gasteiger partial charge in [-0.15, -0.1) is 0 Å². The Kier molecular flexibility index (Phi) is 4.89. The van der Waals surface area contributed by atoms with Crippen molar-refractivity contribution in [2.75, 3.05) is 12.4 Å². The summed E-state index contributed by atoms with van der Waals surface area (Å²) in [7, 11) is 1.64. The SMILES string of the molecule is COc1ccc(Br)cc1CNc1ccc(C#N)cc1Cl. The first kappa shape index (κ1) is 14.7. The van der Waals surface area contributed by atoms with E-state index in [1.165, 1.54) is 0 Å². The zero-order valence-corrected chi connectivity index (χ0v) is 13.1. The molecule has 2 rings (SSSR count). The van der Waals surface area contributed by atoms with Crippen molar-refractivity contribution in [2.24, 2.45) is 0 Å². The van der Waals surface area contributed by atoms with Crippen molar-refractivity contribution < 1.29 is 4.74 Å². The molecule has 0 aromatic heterocycles. The Morgan fingerprint density at radius 3 is 2.75 bits per heavy atom. The second-order valence-electron chi connectivity index (χ2n) is 4.12. The lowest BCUT2D eigenvalue weighted by molar-refractivity contribution is 0.410. The Hall–Kier alpha value is -1.70. The van der Waals surface area contributed by atoms with Gasteiger partial charge < -0.3 is 10.1 Å². The monoisotopic (exact) mass is 350 g/mol. The molecule has 0 fully saturated rings. The van der Waals surface area contributed by atoms with Gasteiger partial charge >= 0.3 is 0 Å². The Balaban J connectivity index is 2.17. The number of rotatable bonds is 4. The molecule has 3 nitrogen and oxygen atoms in total. The van der Waals surface area contributed by atoms with Crippen molar-refractivity contribution in [1.82, 2.24) is 0 Å². The molecule has 1 N–H and O–H groups in total. The first-order valence-electron chi connectivity index (χ1n) is 5.90. The topological polar surface area (TPSA) is 45.0 Å². The number of anilines is 1. The molecule has 0 saturated heterocycles. The summed E-state index contributed by atoms with van der Waals surface area (Å²) < 4.78 is 6.31. The van der Waals surface area contributed by atoms with Gasteiger partial charge in [0, 0.05) is 16.6 Å². The Labute approximate surface area is 131 Å². The molecule has 0 unspecified atom stereocenters. The van der Waals surface area contributed by atoms with E-state index in [2.05, 4.69) is 27.3 Å². The van der Waals surface area contributed by atoms with E-state index in [-0.39, 0.29) is 0 Å². The van der Waals surface area contributed by atoms with Crippen LogP contribution >= 0.6 is 27.5 Å². The molecule has 5 heteroatoms. The van der Waals surface area contributed by atoms with Gasteiger partial charge in [0.25, 0.3) is 0 Å². The Morgan fingerprint density at radius 2 is 2.10 bits per heavy atom. The maximum absolute atomic E-state index is 8.81. The molecule has 0 bridgehead atoms. The predicted octanol–water partition coefficient (Wildman–Crippen LogP) is 4.59. The molecule has 2 aromatic rings. The van der Waals surface area contributed by atoms with E-state index in [4.69, 9.17) is 21.6 Å². The average Bonchev–Trinajstić information content (AvgIpc) is 2.46. The molecule has 0 aliphatic heterocycles. The van der Waals surface area contributed by atoms with Crippen molar-refractivity contribution in [3.63, 3.8) is 0 Å². The maximum atomic E-state index is 8.81. The van der Waals surface area contributed by atoms with E-state index in [9.17, 15) is 0 Å². The molecule has 2 aromatic carbocycles. The van der Waals surface area contributed by atoms with Gasteiger partial charge in [-0.2, -0.15) is 5.26 Å². The Bertz CT molecular complexity index is 667. The lowest BCUT2D eigenvalue weighted by Gasteiger charge is -2.12. The van der Waals surface area contributed by atoms with Crippen LogP contribution in [0, 0.1) is 11.3 Å². The van der Waals surface area contributed by atoms with Crippen LogP contribution in [0.3, 0.4) is 0 Å². The summed E-state index contributed by atoms with van der Waals surface area (Å²) in [5.74, 6) is 0.811. The minimum Gasteiger partial charge on any atom is -0.496 e. The predicted molar refractivity (Wildman–Crippen MR) is 84.2 cm³/mol. The highest BCUT2D eigenvalue weighted by Gasteiger charge is 2.06. The fraction of sp³-hybridized carbons (Fsp3) is 0.133. The summed E-state index contributed by atoms with van der Waals surface area (Å²) in [5.41, 5.74) is 2.34. The largest absolute Gasteiger partial charge is 0.496 e. The summed E-state index contributed by atoms with van der Waals surface area (Å²) in [4.78, 5) is 0. The summed E-state index contributed by atoms with van der Waals surface area (Å²) in [6.45, 7) is 0.578.